The van der Waals surface area contributed by atoms with Gasteiger partial charge in [0.2, 0.25) is 0 Å². The molecule has 70 valence electrons. The zero-order valence-electron chi connectivity index (χ0n) is 8.03. The molecule has 0 unspecified atom stereocenters. The molecule has 2 rings (SSSR count). The minimum Gasteiger partial charge on any atom is -0.393 e. The highest BCUT2D eigenvalue weighted by atomic mass is 16.3. The summed E-state index contributed by atoms with van der Waals surface area (Å²) >= 11 is 0. The summed E-state index contributed by atoms with van der Waals surface area (Å²) in [7, 11) is 0. The molecule has 0 spiro atoms. The van der Waals surface area contributed by atoms with Crippen LogP contribution in [0, 0.1) is 0 Å². The Morgan fingerprint density at radius 1 is 1.38 bits per heavy atom. The van der Waals surface area contributed by atoms with Gasteiger partial charge in [0.05, 0.1) is 6.10 Å². The quantitative estimate of drug-likeness (QED) is 0.697. The fourth-order valence-corrected chi connectivity index (χ4v) is 2.29. The predicted molar refractivity (Wildman–Crippen MR) is 53.8 cm³/mol. The van der Waals surface area contributed by atoms with Gasteiger partial charge < -0.3 is 5.11 Å². The van der Waals surface area contributed by atoms with Gasteiger partial charge in [-0.15, -0.1) is 0 Å². The molecular formula is C12H16O. The Kier molecular flexibility index (Phi) is 2.36. The fraction of sp³-hybridized carbons (Fsp3) is 0.500. The molecule has 1 aliphatic carbocycles. The molecular weight excluding hydrogens is 160 g/mol. The molecule has 0 bridgehead atoms. The summed E-state index contributed by atoms with van der Waals surface area (Å²) in [4.78, 5) is 0. The number of hydrogen-bond donors (Lipinski definition) is 1. The Bertz CT molecular complexity index is 291. The molecule has 13 heavy (non-hydrogen) atoms. The lowest BCUT2D eigenvalue weighted by Gasteiger charge is -2.27. The van der Waals surface area contributed by atoms with E-state index in [1.165, 1.54) is 24.0 Å². The molecule has 0 heterocycles. The van der Waals surface area contributed by atoms with Gasteiger partial charge in [-0.1, -0.05) is 24.3 Å². The topological polar surface area (TPSA) is 20.2 Å². The minimum atomic E-state index is -0.207. The van der Waals surface area contributed by atoms with Gasteiger partial charge in [0.25, 0.3) is 0 Å². The number of benzene rings is 1. The van der Waals surface area contributed by atoms with E-state index in [-0.39, 0.29) is 6.10 Å². The van der Waals surface area contributed by atoms with Crippen LogP contribution in [0.4, 0.5) is 0 Å². The molecule has 0 fully saturated rings. The van der Waals surface area contributed by atoms with Crippen molar-refractivity contribution in [3.05, 3.63) is 35.4 Å². The third kappa shape index (κ3) is 1.61. The smallest absolute Gasteiger partial charge is 0.0580 e. The Labute approximate surface area is 79.4 Å². The second-order valence-corrected chi connectivity index (χ2v) is 3.94. The first-order valence-electron chi connectivity index (χ1n) is 5.05. The number of hydrogen-bond acceptors (Lipinski definition) is 1. The van der Waals surface area contributed by atoms with E-state index in [0.29, 0.717) is 5.92 Å². The van der Waals surface area contributed by atoms with E-state index >= 15 is 0 Å². The minimum absolute atomic E-state index is 0.207. The van der Waals surface area contributed by atoms with Crippen LogP contribution in [0.15, 0.2) is 24.3 Å². The molecule has 0 radical (unpaired) electrons. The number of fused-ring (bicyclic) bond motifs is 1. The lowest BCUT2D eigenvalue weighted by Crippen LogP contribution is -2.19. The number of aryl methyl sites for hydroxylation is 1. The monoisotopic (exact) mass is 176 g/mol. The van der Waals surface area contributed by atoms with Gasteiger partial charge in [0.15, 0.2) is 0 Å². The van der Waals surface area contributed by atoms with E-state index < -0.39 is 0 Å². The third-order valence-electron chi connectivity index (χ3n) is 3.00. The van der Waals surface area contributed by atoms with Crippen molar-refractivity contribution in [2.75, 3.05) is 0 Å². The summed E-state index contributed by atoms with van der Waals surface area (Å²) in [6, 6.07) is 8.50. The van der Waals surface area contributed by atoms with E-state index in [2.05, 4.69) is 24.3 Å². The average Bonchev–Trinajstić information content (AvgIpc) is 2.17. The van der Waals surface area contributed by atoms with Gasteiger partial charge in [-0.05, 0) is 37.3 Å². The second-order valence-electron chi connectivity index (χ2n) is 3.94. The first-order valence-corrected chi connectivity index (χ1v) is 5.05. The zero-order chi connectivity index (χ0) is 9.26. The van der Waals surface area contributed by atoms with Crippen molar-refractivity contribution in [3.8, 4) is 0 Å². The van der Waals surface area contributed by atoms with Crippen LogP contribution in [0.2, 0.25) is 0 Å². The van der Waals surface area contributed by atoms with E-state index in [1.54, 1.807) is 0 Å². The highest BCUT2D eigenvalue weighted by Gasteiger charge is 2.22. The summed E-state index contributed by atoms with van der Waals surface area (Å²) in [6.07, 6.45) is 3.32. The molecule has 1 heteroatoms. The first-order chi connectivity index (χ1) is 6.29. The van der Waals surface area contributed by atoms with Crippen molar-refractivity contribution >= 4 is 0 Å². The molecule has 1 N–H and O–H groups in total. The molecule has 0 aromatic heterocycles. The number of aliphatic hydroxyl groups excluding tert-OH is 1. The normalized spacial score (nSPS) is 23.7. The van der Waals surface area contributed by atoms with E-state index in [9.17, 15) is 5.11 Å². The second kappa shape index (κ2) is 3.51. The SMILES string of the molecule is C[C@@H](O)[C@H]1CCCc2ccccc21. The van der Waals surface area contributed by atoms with Crippen LogP contribution in [0.3, 0.4) is 0 Å². The Hall–Kier alpha value is -0.820. The largest absolute Gasteiger partial charge is 0.393 e. The molecule has 1 nitrogen and oxygen atoms in total. The molecule has 1 aromatic rings. The fourth-order valence-electron chi connectivity index (χ4n) is 2.29. The van der Waals surface area contributed by atoms with Gasteiger partial charge in [0.1, 0.15) is 0 Å². The molecule has 1 aliphatic rings. The predicted octanol–water partition coefficient (Wildman–Crippen LogP) is 2.49. The van der Waals surface area contributed by atoms with E-state index in [0.717, 1.165) is 6.42 Å². The standard InChI is InChI=1S/C12H16O/c1-9(13)11-8-4-6-10-5-2-3-7-12(10)11/h2-3,5,7,9,11,13H,4,6,8H2,1H3/t9-,11-/m1/s1. The van der Waals surface area contributed by atoms with Crippen molar-refractivity contribution in [1.82, 2.24) is 0 Å². The van der Waals surface area contributed by atoms with Crippen molar-refractivity contribution in [1.29, 1.82) is 0 Å². The molecule has 0 saturated heterocycles. The van der Waals surface area contributed by atoms with Gasteiger partial charge in [-0.2, -0.15) is 0 Å². The molecule has 0 amide bonds. The van der Waals surface area contributed by atoms with Gasteiger partial charge >= 0.3 is 0 Å². The van der Waals surface area contributed by atoms with Crippen molar-refractivity contribution in [2.45, 2.75) is 38.2 Å². The highest BCUT2D eigenvalue weighted by Crippen LogP contribution is 2.33. The van der Waals surface area contributed by atoms with Crippen LogP contribution in [-0.2, 0) is 6.42 Å². The Morgan fingerprint density at radius 2 is 2.15 bits per heavy atom. The van der Waals surface area contributed by atoms with Crippen LogP contribution < -0.4 is 0 Å². The maximum atomic E-state index is 9.62. The molecule has 2 atom stereocenters. The van der Waals surface area contributed by atoms with E-state index in [4.69, 9.17) is 0 Å². The van der Waals surface area contributed by atoms with E-state index in [1.807, 2.05) is 6.92 Å². The van der Waals surface area contributed by atoms with Gasteiger partial charge in [0, 0.05) is 5.92 Å². The third-order valence-corrected chi connectivity index (χ3v) is 3.00. The molecule has 0 saturated carbocycles. The number of rotatable bonds is 1. The maximum absolute atomic E-state index is 9.62. The van der Waals surface area contributed by atoms with Crippen LogP contribution >= 0.6 is 0 Å². The van der Waals surface area contributed by atoms with Gasteiger partial charge in [-0.25, -0.2) is 0 Å². The summed E-state index contributed by atoms with van der Waals surface area (Å²) in [6.45, 7) is 1.90. The van der Waals surface area contributed by atoms with Crippen LogP contribution in [0.5, 0.6) is 0 Å². The zero-order valence-corrected chi connectivity index (χ0v) is 8.03. The van der Waals surface area contributed by atoms with Gasteiger partial charge in [-0.3, -0.25) is 0 Å². The first kappa shape index (κ1) is 8.76. The van der Waals surface area contributed by atoms with Crippen molar-refractivity contribution < 1.29 is 5.11 Å². The Balaban J connectivity index is 2.37. The molecule has 0 aliphatic heterocycles. The molecule has 1 aromatic carbocycles. The summed E-state index contributed by atoms with van der Waals surface area (Å²) in [5.41, 5.74) is 2.79. The highest BCUT2D eigenvalue weighted by molar-refractivity contribution is 5.33. The van der Waals surface area contributed by atoms with Crippen LogP contribution in [0.1, 0.15) is 36.8 Å². The number of aliphatic hydroxyl groups is 1. The van der Waals surface area contributed by atoms with Crippen molar-refractivity contribution in [2.24, 2.45) is 0 Å². The van der Waals surface area contributed by atoms with Crippen molar-refractivity contribution in [3.63, 3.8) is 0 Å². The lowest BCUT2D eigenvalue weighted by molar-refractivity contribution is 0.153. The maximum Gasteiger partial charge on any atom is 0.0580 e. The summed E-state index contributed by atoms with van der Waals surface area (Å²) in [5, 5.41) is 9.62. The average molecular weight is 176 g/mol. The van der Waals surface area contributed by atoms with Crippen LogP contribution in [-0.4, -0.2) is 11.2 Å². The lowest BCUT2D eigenvalue weighted by atomic mass is 9.80. The Morgan fingerprint density at radius 3 is 2.92 bits per heavy atom. The summed E-state index contributed by atoms with van der Waals surface area (Å²) in [5.74, 6) is 0.366. The summed E-state index contributed by atoms with van der Waals surface area (Å²) < 4.78 is 0. The van der Waals surface area contributed by atoms with Crippen LogP contribution in [0.25, 0.3) is 0 Å².